The zero-order valence-electron chi connectivity index (χ0n) is 25.1. The lowest BCUT2D eigenvalue weighted by Gasteiger charge is -2.54. The Kier molecular flexibility index (Phi) is 10.9. The molecule has 5 rings (SSSR count). The van der Waals surface area contributed by atoms with Gasteiger partial charge in [0.2, 0.25) is 23.5 Å². The Bertz CT molecular complexity index is 1280. The Morgan fingerprint density at radius 2 is 1.98 bits per heavy atom. The molecule has 6 atom stereocenters. The molecule has 0 radical (unpaired) electrons. The molecule has 1 aromatic rings. The minimum atomic E-state index is -3.21. The van der Waals surface area contributed by atoms with Gasteiger partial charge in [0, 0.05) is 35.6 Å². The van der Waals surface area contributed by atoms with E-state index in [-0.39, 0.29) is 31.3 Å². The Morgan fingerprint density at radius 1 is 1.23 bits per heavy atom. The number of rotatable bonds is 12. The normalized spacial score (nSPS) is 25.8. The highest BCUT2D eigenvalue weighted by Gasteiger charge is 2.61. The molecule has 2 bridgehead atoms. The molecule has 1 saturated carbocycles. The summed E-state index contributed by atoms with van der Waals surface area (Å²) >= 11 is 6.14. The van der Waals surface area contributed by atoms with E-state index in [2.05, 4.69) is 16.0 Å². The Balaban J connectivity index is 1.65. The fourth-order valence-electron chi connectivity index (χ4n) is 6.53. The Labute approximate surface area is 260 Å². The topological polar surface area (TPSA) is 117 Å². The molecular formula is C31H40ClF3N4O5. The van der Waals surface area contributed by atoms with Crippen LogP contribution in [0.3, 0.4) is 0 Å². The molecule has 4 fully saturated rings. The van der Waals surface area contributed by atoms with Crippen LogP contribution in [-0.2, 0) is 23.9 Å². The lowest BCUT2D eigenvalue weighted by molar-refractivity contribution is -0.194. The molecular weight excluding hydrogens is 601 g/mol. The first-order valence-corrected chi connectivity index (χ1v) is 15.5. The van der Waals surface area contributed by atoms with E-state index in [1.807, 2.05) is 13.8 Å². The molecule has 3 heterocycles. The van der Waals surface area contributed by atoms with Gasteiger partial charge in [0.15, 0.2) is 0 Å². The molecule has 0 aromatic heterocycles. The molecule has 242 valence electrons. The molecule has 3 aliphatic heterocycles. The molecule has 9 nitrogen and oxygen atoms in total. The number of halogens is 4. The third-order valence-electron chi connectivity index (χ3n) is 8.48. The van der Waals surface area contributed by atoms with Gasteiger partial charge in [-0.3, -0.25) is 14.4 Å². The van der Waals surface area contributed by atoms with Gasteiger partial charge in [-0.2, -0.15) is 4.39 Å². The highest BCUT2D eigenvalue weighted by atomic mass is 35.5. The van der Waals surface area contributed by atoms with Crippen LogP contribution in [0.5, 0.6) is 0 Å². The van der Waals surface area contributed by atoms with Gasteiger partial charge >= 0.3 is 5.97 Å². The van der Waals surface area contributed by atoms with Crippen molar-refractivity contribution in [3.63, 3.8) is 0 Å². The van der Waals surface area contributed by atoms with Gasteiger partial charge in [-0.1, -0.05) is 31.5 Å². The van der Waals surface area contributed by atoms with Gasteiger partial charge in [-0.05, 0) is 69.2 Å². The number of esters is 1. The van der Waals surface area contributed by atoms with E-state index in [1.54, 1.807) is 24.3 Å². The van der Waals surface area contributed by atoms with E-state index in [1.165, 1.54) is 11.8 Å². The standard InChI is InChI=1S/C31H40ClF3N4O5/c1-4-44-30(43)24(33)15-21(13-18-10-11-36-27(18)40)38-28(41)26-23-9-8-22(16-31(23,34)35)39(26)29(42)25(12-17(2)3)37-20-7-5-6-19(32)14-20/h5-7,14-15,17-18,21-23,25-26,37H,4,8-13,16H2,1-3H3,(H,36,40)(H,38,41)/b24-15+/t18-,21+,22+,23+,25+,26+/m0/s1. The van der Waals surface area contributed by atoms with Crippen molar-refractivity contribution in [1.82, 2.24) is 15.5 Å². The molecule has 1 aliphatic carbocycles. The molecule has 3 saturated heterocycles. The summed E-state index contributed by atoms with van der Waals surface area (Å²) in [5.41, 5.74) is 0.569. The molecule has 0 unspecified atom stereocenters. The number of alkyl halides is 2. The number of carbonyl (C=O) groups excluding carboxylic acids is 4. The lowest BCUT2D eigenvalue weighted by Crippen LogP contribution is -2.70. The summed E-state index contributed by atoms with van der Waals surface area (Å²) in [6.45, 7) is 5.67. The molecule has 13 heteroatoms. The van der Waals surface area contributed by atoms with Crippen LogP contribution >= 0.6 is 11.6 Å². The van der Waals surface area contributed by atoms with E-state index in [9.17, 15) is 23.6 Å². The average molecular weight is 641 g/mol. The number of fused-ring (bicyclic) bond motifs is 3. The summed E-state index contributed by atoms with van der Waals surface area (Å²) in [6, 6.07) is 2.33. The maximum absolute atomic E-state index is 15.3. The van der Waals surface area contributed by atoms with Gasteiger partial charge in [-0.15, -0.1) is 0 Å². The summed E-state index contributed by atoms with van der Waals surface area (Å²) in [5.74, 6) is -9.42. The van der Waals surface area contributed by atoms with E-state index < -0.39 is 72.0 Å². The molecule has 3 N–H and O–H groups in total. The highest BCUT2D eigenvalue weighted by molar-refractivity contribution is 6.30. The van der Waals surface area contributed by atoms with Crippen molar-refractivity contribution < 1.29 is 37.1 Å². The number of carbonyl (C=O) groups is 4. The minimum Gasteiger partial charge on any atom is -0.461 e. The van der Waals surface area contributed by atoms with Crippen LogP contribution in [0.1, 0.15) is 59.3 Å². The van der Waals surface area contributed by atoms with E-state index in [0.717, 1.165) is 6.08 Å². The van der Waals surface area contributed by atoms with E-state index >= 15 is 8.78 Å². The van der Waals surface area contributed by atoms with Crippen molar-refractivity contribution >= 4 is 41.0 Å². The maximum atomic E-state index is 15.3. The second kappa shape index (κ2) is 14.2. The zero-order valence-corrected chi connectivity index (χ0v) is 25.8. The average Bonchev–Trinajstić information content (AvgIpc) is 3.35. The Hall–Kier alpha value is -3.28. The summed E-state index contributed by atoms with van der Waals surface area (Å²) in [5, 5.41) is 8.90. The molecule has 1 aromatic carbocycles. The number of ether oxygens (including phenoxy) is 1. The van der Waals surface area contributed by atoms with Crippen molar-refractivity contribution in [1.29, 1.82) is 0 Å². The summed E-state index contributed by atoms with van der Waals surface area (Å²) in [7, 11) is 0. The van der Waals surface area contributed by atoms with Crippen LogP contribution < -0.4 is 16.0 Å². The smallest absolute Gasteiger partial charge is 0.366 e. The summed E-state index contributed by atoms with van der Waals surface area (Å²) in [4.78, 5) is 53.7. The number of hydrogen-bond acceptors (Lipinski definition) is 6. The van der Waals surface area contributed by atoms with Gasteiger partial charge in [0.05, 0.1) is 18.6 Å². The first-order chi connectivity index (χ1) is 20.8. The molecule has 44 heavy (non-hydrogen) atoms. The van der Waals surface area contributed by atoms with Crippen molar-refractivity contribution in [2.75, 3.05) is 18.5 Å². The van der Waals surface area contributed by atoms with Crippen molar-refractivity contribution in [2.45, 2.75) is 89.4 Å². The second-order valence-electron chi connectivity index (χ2n) is 12.2. The number of nitrogens with zero attached hydrogens (tertiary/aromatic N) is 1. The van der Waals surface area contributed by atoms with Gasteiger partial charge in [0.25, 0.3) is 5.92 Å². The third kappa shape index (κ3) is 7.86. The van der Waals surface area contributed by atoms with E-state index in [0.29, 0.717) is 36.5 Å². The fraction of sp³-hybridized carbons (Fsp3) is 0.613. The van der Waals surface area contributed by atoms with Crippen LogP contribution in [0, 0.1) is 17.8 Å². The molecule has 0 spiro atoms. The minimum absolute atomic E-state index is 0.0266. The maximum Gasteiger partial charge on any atom is 0.366 e. The first-order valence-electron chi connectivity index (χ1n) is 15.1. The van der Waals surface area contributed by atoms with Crippen LogP contribution in [0.2, 0.25) is 5.02 Å². The van der Waals surface area contributed by atoms with Crippen molar-refractivity contribution in [3.05, 3.63) is 41.2 Å². The summed E-state index contributed by atoms with van der Waals surface area (Å²) < 4.78 is 50.1. The predicted octanol–water partition coefficient (Wildman–Crippen LogP) is 4.61. The van der Waals surface area contributed by atoms with Crippen LogP contribution in [0.4, 0.5) is 18.9 Å². The Morgan fingerprint density at radius 3 is 2.59 bits per heavy atom. The number of amides is 3. The van der Waals surface area contributed by atoms with Crippen LogP contribution in [0.25, 0.3) is 0 Å². The monoisotopic (exact) mass is 640 g/mol. The number of anilines is 1. The van der Waals surface area contributed by atoms with Gasteiger partial charge in [0.1, 0.15) is 12.1 Å². The first kappa shape index (κ1) is 33.6. The number of nitrogens with one attached hydrogen (secondary N) is 3. The molecule has 4 aliphatic rings. The van der Waals surface area contributed by atoms with Crippen LogP contribution in [-0.4, -0.2) is 71.8 Å². The number of benzene rings is 1. The van der Waals surface area contributed by atoms with Gasteiger partial charge < -0.3 is 25.6 Å². The predicted molar refractivity (Wildman–Crippen MR) is 159 cm³/mol. The third-order valence-corrected chi connectivity index (χ3v) is 8.71. The van der Waals surface area contributed by atoms with Crippen molar-refractivity contribution in [3.8, 4) is 0 Å². The lowest BCUT2D eigenvalue weighted by atomic mass is 9.71. The van der Waals surface area contributed by atoms with Crippen molar-refractivity contribution in [2.24, 2.45) is 17.8 Å². The highest BCUT2D eigenvalue weighted by Crippen LogP contribution is 2.49. The molecule has 3 amide bonds. The zero-order chi connectivity index (χ0) is 32.2. The SMILES string of the molecule is CCOC(=O)/C(F)=C\[C@@H](C[C@@H]1CCNC1=O)NC(=O)[C@H]1[C@H]2CC[C@H](CC2(F)F)N1C(=O)[C@@H](CC(C)C)Nc1cccc(Cl)c1. The number of hydrogen-bond donors (Lipinski definition) is 3. The van der Waals surface area contributed by atoms with E-state index in [4.69, 9.17) is 16.3 Å². The van der Waals surface area contributed by atoms with Gasteiger partial charge in [-0.25, -0.2) is 13.6 Å². The number of piperidine rings is 2. The summed E-state index contributed by atoms with van der Waals surface area (Å²) in [6.07, 6.45) is 1.32. The fourth-order valence-corrected chi connectivity index (χ4v) is 6.72. The second-order valence-corrected chi connectivity index (χ2v) is 12.6. The quantitative estimate of drug-likeness (QED) is 0.227. The van der Waals surface area contributed by atoms with Crippen LogP contribution in [0.15, 0.2) is 36.2 Å². The largest absolute Gasteiger partial charge is 0.461 e.